The molecular weight excluding hydrogens is 338 g/mol. The molecule has 1 saturated carbocycles. The van der Waals surface area contributed by atoms with Crippen molar-refractivity contribution in [2.24, 2.45) is 11.8 Å². The minimum atomic E-state index is 0.0361. The highest BCUT2D eigenvalue weighted by Crippen LogP contribution is 2.38. The van der Waals surface area contributed by atoms with Crippen molar-refractivity contribution in [1.29, 1.82) is 0 Å². The number of hydrogen-bond acceptors (Lipinski definition) is 4. The molecule has 5 heteroatoms. The predicted molar refractivity (Wildman–Crippen MR) is 108 cm³/mol. The third kappa shape index (κ3) is 4.51. The lowest BCUT2D eigenvalue weighted by molar-refractivity contribution is -0.154. The Morgan fingerprint density at radius 2 is 1.74 bits per heavy atom. The van der Waals surface area contributed by atoms with Gasteiger partial charge in [-0.15, -0.1) is 0 Å². The van der Waals surface area contributed by atoms with Crippen LogP contribution >= 0.6 is 0 Å². The van der Waals surface area contributed by atoms with Gasteiger partial charge in [-0.3, -0.25) is 9.69 Å². The van der Waals surface area contributed by atoms with Crippen LogP contribution in [0, 0.1) is 11.8 Å². The number of amides is 1. The molecule has 0 radical (unpaired) electrons. The molecule has 3 saturated heterocycles. The van der Waals surface area contributed by atoms with E-state index in [0.29, 0.717) is 17.9 Å². The zero-order chi connectivity index (χ0) is 18.9. The van der Waals surface area contributed by atoms with E-state index < -0.39 is 0 Å². The first-order valence-electron chi connectivity index (χ1n) is 11.4. The van der Waals surface area contributed by atoms with Gasteiger partial charge in [0, 0.05) is 64.4 Å². The maximum atomic E-state index is 12.5. The van der Waals surface area contributed by atoms with E-state index in [4.69, 9.17) is 4.74 Å². The van der Waals surface area contributed by atoms with Gasteiger partial charge in [0.25, 0.3) is 0 Å². The zero-order valence-electron chi connectivity index (χ0n) is 17.5. The third-order valence-electron chi connectivity index (χ3n) is 7.45. The van der Waals surface area contributed by atoms with Crippen molar-refractivity contribution in [2.45, 2.75) is 70.4 Å². The Morgan fingerprint density at radius 1 is 1.04 bits per heavy atom. The molecule has 27 heavy (non-hydrogen) atoms. The van der Waals surface area contributed by atoms with Crippen molar-refractivity contribution in [3.05, 3.63) is 0 Å². The highest BCUT2D eigenvalue weighted by Gasteiger charge is 2.43. The van der Waals surface area contributed by atoms with E-state index in [0.717, 1.165) is 51.3 Å². The lowest BCUT2D eigenvalue weighted by Crippen LogP contribution is -2.58. The maximum Gasteiger partial charge on any atom is 0.225 e. The highest BCUT2D eigenvalue weighted by atomic mass is 16.5. The molecule has 0 unspecified atom stereocenters. The van der Waals surface area contributed by atoms with Crippen molar-refractivity contribution in [3.63, 3.8) is 0 Å². The topological polar surface area (TPSA) is 36.0 Å². The van der Waals surface area contributed by atoms with Crippen molar-refractivity contribution >= 4 is 5.91 Å². The van der Waals surface area contributed by atoms with Crippen LogP contribution in [0.1, 0.15) is 58.8 Å². The molecule has 0 aromatic rings. The Kier molecular flexibility index (Phi) is 6.10. The maximum absolute atomic E-state index is 12.5. The normalized spacial score (nSPS) is 30.6. The smallest absolute Gasteiger partial charge is 0.225 e. The quantitative estimate of drug-likeness (QED) is 0.755. The first kappa shape index (κ1) is 19.7. The Labute approximate surface area is 165 Å². The van der Waals surface area contributed by atoms with Crippen LogP contribution in [0.2, 0.25) is 0 Å². The summed E-state index contributed by atoms with van der Waals surface area (Å²) in [6.07, 6.45) is 7.89. The van der Waals surface area contributed by atoms with Gasteiger partial charge in [-0.05, 0) is 44.4 Å². The van der Waals surface area contributed by atoms with E-state index in [1.54, 1.807) is 0 Å². The number of carbonyl (C=O) groups excluding carboxylic acids is 1. The third-order valence-corrected chi connectivity index (χ3v) is 7.45. The highest BCUT2D eigenvalue weighted by molar-refractivity contribution is 5.79. The molecule has 1 atom stereocenters. The van der Waals surface area contributed by atoms with Crippen LogP contribution in [0.25, 0.3) is 0 Å². The Bertz CT molecular complexity index is 504. The summed E-state index contributed by atoms with van der Waals surface area (Å²) in [7, 11) is 0. The number of piperazine rings is 1. The lowest BCUT2D eigenvalue weighted by atomic mass is 9.80. The van der Waals surface area contributed by atoms with Gasteiger partial charge in [0.2, 0.25) is 5.91 Å². The first-order valence-corrected chi connectivity index (χ1v) is 11.4. The number of ether oxygens (including phenoxy) is 1. The SMILES string of the molecule is CC(C)CN1CCN([C@@H]2CCOC3(CCN(C(=O)C4CCC4)CC3)C2)CC1. The summed E-state index contributed by atoms with van der Waals surface area (Å²) in [6, 6.07) is 0.675. The zero-order valence-corrected chi connectivity index (χ0v) is 17.5. The van der Waals surface area contributed by atoms with Gasteiger partial charge >= 0.3 is 0 Å². The largest absolute Gasteiger partial charge is 0.375 e. The number of piperidine rings is 1. The second kappa shape index (κ2) is 8.38. The summed E-state index contributed by atoms with van der Waals surface area (Å²) in [5.41, 5.74) is 0.0361. The molecule has 1 spiro atoms. The Hall–Kier alpha value is -0.650. The molecule has 4 fully saturated rings. The van der Waals surface area contributed by atoms with Crippen LogP contribution < -0.4 is 0 Å². The molecule has 154 valence electrons. The summed E-state index contributed by atoms with van der Waals surface area (Å²) >= 11 is 0. The van der Waals surface area contributed by atoms with Crippen LogP contribution in [-0.2, 0) is 9.53 Å². The van der Waals surface area contributed by atoms with Gasteiger partial charge in [-0.2, -0.15) is 0 Å². The van der Waals surface area contributed by atoms with Crippen LogP contribution in [0.4, 0.5) is 0 Å². The molecule has 0 N–H and O–H groups in total. The molecule has 1 amide bonds. The Morgan fingerprint density at radius 3 is 2.33 bits per heavy atom. The second-order valence-electron chi connectivity index (χ2n) is 9.86. The molecule has 0 aromatic heterocycles. The minimum Gasteiger partial charge on any atom is -0.375 e. The number of carbonyl (C=O) groups is 1. The molecule has 4 rings (SSSR count). The van der Waals surface area contributed by atoms with Crippen molar-refractivity contribution in [2.75, 3.05) is 52.4 Å². The van der Waals surface area contributed by atoms with Crippen molar-refractivity contribution < 1.29 is 9.53 Å². The molecule has 1 aliphatic carbocycles. The van der Waals surface area contributed by atoms with Gasteiger partial charge in [0.15, 0.2) is 0 Å². The summed E-state index contributed by atoms with van der Waals surface area (Å²) < 4.78 is 6.36. The number of hydrogen-bond donors (Lipinski definition) is 0. The molecule has 0 aromatic carbocycles. The molecule has 3 aliphatic heterocycles. The molecule has 0 bridgehead atoms. The molecule has 4 aliphatic rings. The molecule has 5 nitrogen and oxygen atoms in total. The molecule has 3 heterocycles. The summed E-state index contributed by atoms with van der Waals surface area (Å²) in [4.78, 5) is 20.0. The van der Waals surface area contributed by atoms with Crippen LogP contribution in [0.3, 0.4) is 0 Å². The average Bonchev–Trinajstić information content (AvgIpc) is 2.61. The predicted octanol–water partition coefficient (Wildman–Crippen LogP) is 2.60. The lowest BCUT2D eigenvalue weighted by Gasteiger charge is -2.50. The van der Waals surface area contributed by atoms with E-state index in [-0.39, 0.29) is 5.60 Å². The van der Waals surface area contributed by atoms with E-state index in [9.17, 15) is 4.79 Å². The summed E-state index contributed by atoms with van der Waals surface area (Å²) in [6.45, 7) is 13.4. The van der Waals surface area contributed by atoms with Crippen molar-refractivity contribution in [1.82, 2.24) is 14.7 Å². The summed E-state index contributed by atoms with van der Waals surface area (Å²) in [5.74, 6) is 1.52. The van der Waals surface area contributed by atoms with Crippen LogP contribution in [-0.4, -0.2) is 84.7 Å². The van der Waals surface area contributed by atoms with E-state index in [1.807, 2.05) is 0 Å². The summed E-state index contributed by atoms with van der Waals surface area (Å²) in [5, 5.41) is 0. The fourth-order valence-corrected chi connectivity index (χ4v) is 5.54. The number of likely N-dealkylation sites (tertiary alicyclic amines) is 1. The van der Waals surface area contributed by atoms with Gasteiger partial charge in [-0.1, -0.05) is 20.3 Å². The fraction of sp³-hybridized carbons (Fsp3) is 0.955. The van der Waals surface area contributed by atoms with Crippen molar-refractivity contribution in [3.8, 4) is 0 Å². The van der Waals surface area contributed by atoms with E-state index in [2.05, 4.69) is 28.5 Å². The van der Waals surface area contributed by atoms with Gasteiger partial charge in [0.05, 0.1) is 5.60 Å². The fourth-order valence-electron chi connectivity index (χ4n) is 5.54. The van der Waals surface area contributed by atoms with Crippen LogP contribution in [0.15, 0.2) is 0 Å². The molecular formula is C22H39N3O2. The second-order valence-corrected chi connectivity index (χ2v) is 9.86. The van der Waals surface area contributed by atoms with Crippen LogP contribution in [0.5, 0.6) is 0 Å². The average molecular weight is 378 g/mol. The Balaban J connectivity index is 1.27. The van der Waals surface area contributed by atoms with E-state index >= 15 is 0 Å². The first-order chi connectivity index (χ1) is 13.0. The van der Waals surface area contributed by atoms with Gasteiger partial charge < -0.3 is 14.5 Å². The minimum absolute atomic E-state index is 0.0361. The number of nitrogens with zero attached hydrogens (tertiary/aromatic N) is 3. The van der Waals surface area contributed by atoms with E-state index in [1.165, 1.54) is 52.0 Å². The number of rotatable bonds is 4. The van der Waals surface area contributed by atoms with Gasteiger partial charge in [0.1, 0.15) is 0 Å². The standard InChI is InChI=1S/C22H39N3O2/c1-18(2)17-23-11-13-24(14-12-23)20-6-15-27-22(16-20)7-9-25(10-8-22)21(26)19-4-3-5-19/h18-20H,3-17H2,1-2H3/t20-/m1/s1. The monoisotopic (exact) mass is 377 g/mol. The van der Waals surface area contributed by atoms with Gasteiger partial charge in [-0.25, -0.2) is 0 Å².